The van der Waals surface area contributed by atoms with Crippen molar-refractivity contribution in [3.8, 4) is 0 Å². The van der Waals surface area contributed by atoms with Gasteiger partial charge >= 0.3 is 0 Å². The average molecular weight is 226 g/mol. The van der Waals surface area contributed by atoms with Crippen LogP contribution in [0.1, 0.15) is 44.9 Å². The maximum atomic E-state index is 11.8. The van der Waals surface area contributed by atoms with E-state index >= 15 is 0 Å². The zero-order chi connectivity index (χ0) is 11.4. The van der Waals surface area contributed by atoms with Crippen molar-refractivity contribution in [2.75, 3.05) is 13.2 Å². The molecule has 1 aliphatic heterocycles. The molecule has 1 saturated carbocycles. The van der Waals surface area contributed by atoms with Gasteiger partial charge in [-0.2, -0.15) is 0 Å². The van der Waals surface area contributed by atoms with Crippen molar-refractivity contribution in [1.29, 1.82) is 0 Å². The summed E-state index contributed by atoms with van der Waals surface area (Å²) in [6, 6.07) is 0. The summed E-state index contributed by atoms with van der Waals surface area (Å²) in [5, 5.41) is 3.08. The minimum Gasteiger partial charge on any atom is -0.378 e. The highest BCUT2D eigenvalue weighted by Crippen LogP contribution is 2.30. The fourth-order valence-electron chi connectivity index (χ4n) is 2.51. The Hall–Kier alpha value is -0.610. The predicted molar refractivity (Wildman–Crippen MR) is 62.0 cm³/mol. The van der Waals surface area contributed by atoms with Crippen molar-refractivity contribution >= 4 is 5.91 Å². The van der Waals surface area contributed by atoms with E-state index < -0.39 is 0 Å². The van der Waals surface area contributed by atoms with E-state index in [-0.39, 0.29) is 17.6 Å². The van der Waals surface area contributed by atoms with Crippen LogP contribution < -0.4 is 11.1 Å². The van der Waals surface area contributed by atoms with Crippen LogP contribution in [0.3, 0.4) is 0 Å². The molecule has 2 rings (SSSR count). The molecule has 3 N–H and O–H groups in total. The minimum absolute atomic E-state index is 0.0915. The van der Waals surface area contributed by atoms with Crippen LogP contribution in [0.25, 0.3) is 0 Å². The van der Waals surface area contributed by atoms with Crippen LogP contribution >= 0.6 is 0 Å². The summed E-state index contributed by atoms with van der Waals surface area (Å²) in [4.78, 5) is 11.8. The first-order valence-corrected chi connectivity index (χ1v) is 6.37. The number of carbonyl (C=O) groups is 1. The monoisotopic (exact) mass is 226 g/mol. The molecule has 1 aliphatic carbocycles. The topological polar surface area (TPSA) is 64.3 Å². The van der Waals surface area contributed by atoms with Gasteiger partial charge in [0.1, 0.15) is 0 Å². The number of nitrogens with two attached hydrogens (primary N) is 1. The fraction of sp³-hybridized carbons (Fsp3) is 0.917. The lowest BCUT2D eigenvalue weighted by atomic mass is 9.76. The Bertz CT molecular complexity index is 240. The summed E-state index contributed by atoms with van der Waals surface area (Å²) < 4.78 is 5.56. The van der Waals surface area contributed by atoms with Crippen LogP contribution in [0.2, 0.25) is 0 Å². The van der Waals surface area contributed by atoms with Gasteiger partial charge in [-0.25, -0.2) is 0 Å². The van der Waals surface area contributed by atoms with Crippen molar-refractivity contribution in [2.45, 2.75) is 56.6 Å². The van der Waals surface area contributed by atoms with E-state index in [2.05, 4.69) is 5.32 Å². The van der Waals surface area contributed by atoms with Gasteiger partial charge in [0.25, 0.3) is 0 Å². The van der Waals surface area contributed by atoms with Gasteiger partial charge in [0.05, 0.1) is 18.1 Å². The maximum Gasteiger partial charge on any atom is 0.223 e. The van der Waals surface area contributed by atoms with Crippen molar-refractivity contribution in [1.82, 2.24) is 5.32 Å². The number of ether oxygens (including phenoxy) is 1. The molecule has 16 heavy (non-hydrogen) atoms. The van der Waals surface area contributed by atoms with Crippen LogP contribution in [0, 0.1) is 0 Å². The van der Waals surface area contributed by atoms with Gasteiger partial charge in [0, 0.05) is 13.2 Å². The van der Waals surface area contributed by atoms with E-state index in [0.717, 1.165) is 32.3 Å². The molecule has 2 aliphatic rings. The van der Waals surface area contributed by atoms with Gasteiger partial charge in [-0.05, 0) is 38.5 Å². The lowest BCUT2D eigenvalue weighted by molar-refractivity contribution is -0.127. The van der Waals surface area contributed by atoms with Crippen molar-refractivity contribution in [3.05, 3.63) is 0 Å². The molecule has 0 aromatic rings. The summed E-state index contributed by atoms with van der Waals surface area (Å²) in [6.07, 6.45) is 7.19. The maximum absolute atomic E-state index is 11.8. The van der Waals surface area contributed by atoms with Gasteiger partial charge in [-0.15, -0.1) is 0 Å². The average Bonchev–Trinajstić information content (AvgIpc) is 2.25. The third kappa shape index (κ3) is 2.74. The molecule has 0 bridgehead atoms. The highest BCUT2D eigenvalue weighted by Gasteiger charge is 2.37. The van der Waals surface area contributed by atoms with Crippen LogP contribution in [0.4, 0.5) is 0 Å². The SMILES string of the molecule is NCC1(NC(=O)CC2CCCCO2)CCC1. The molecule has 1 heterocycles. The van der Waals surface area contributed by atoms with E-state index in [1.807, 2.05) is 0 Å². The first-order valence-electron chi connectivity index (χ1n) is 6.37. The Morgan fingerprint density at radius 2 is 2.19 bits per heavy atom. The highest BCUT2D eigenvalue weighted by molar-refractivity contribution is 5.77. The lowest BCUT2D eigenvalue weighted by Crippen LogP contribution is -2.58. The summed E-state index contributed by atoms with van der Waals surface area (Å²) in [5.41, 5.74) is 5.61. The molecule has 2 fully saturated rings. The molecular formula is C12H22N2O2. The third-order valence-electron chi connectivity index (χ3n) is 3.79. The van der Waals surface area contributed by atoms with Gasteiger partial charge in [-0.3, -0.25) is 4.79 Å². The highest BCUT2D eigenvalue weighted by atomic mass is 16.5. The van der Waals surface area contributed by atoms with E-state index in [9.17, 15) is 4.79 Å². The van der Waals surface area contributed by atoms with Gasteiger partial charge in [0.2, 0.25) is 5.91 Å². The zero-order valence-electron chi connectivity index (χ0n) is 9.84. The lowest BCUT2D eigenvalue weighted by Gasteiger charge is -2.42. The van der Waals surface area contributed by atoms with Crippen LogP contribution in [0.15, 0.2) is 0 Å². The Balaban J connectivity index is 1.74. The molecule has 4 heteroatoms. The zero-order valence-corrected chi connectivity index (χ0v) is 9.84. The first-order chi connectivity index (χ1) is 7.74. The van der Waals surface area contributed by atoms with Crippen molar-refractivity contribution in [2.24, 2.45) is 5.73 Å². The Kier molecular flexibility index (Phi) is 3.82. The van der Waals surface area contributed by atoms with E-state index in [4.69, 9.17) is 10.5 Å². The summed E-state index contributed by atoms with van der Waals surface area (Å²) in [5.74, 6) is 0.108. The Morgan fingerprint density at radius 1 is 1.38 bits per heavy atom. The standard InChI is InChI=1S/C12H22N2O2/c13-9-12(5-3-6-12)14-11(15)8-10-4-1-2-7-16-10/h10H,1-9,13H2,(H,14,15). The van der Waals surface area contributed by atoms with Crippen molar-refractivity contribution in [3.63, 3.8) is 0 Å². The van der Waals surface area contributed by atoms with Crippen LogP contribution in [-0.2, 0) is 9.53 Å². The normalized spacial score (nSPS) is 28.2. The minimum atomic E-state index is -0.0915. The number of hydrogen-bond acceptors (Lipinski definition) is 3. The van der Waals surface area contributed by atoms with Gasteiger partial charge < -0.3 is 15.8 Å². The molecule has 4 nitrogen and oxygen atoms in total. The molecule has 0 radical (unpaired) electrons. The molecular weight excluding hydrogens is 204 g/mol. The van der Waals surface area contributed by atoms with Gasteiger partial charge in [-0.1, -0.05) is 0 Å². The number of rotatable bonds is 4. The molecule has 92 valence electrons. The molecule has 0 aromatic carbocycles. The quantitative estimate of drug-likeness (QED) is 0.750. The van der Waals surface area contributed by atoms with E-state index in [0.29, 0.717) is 13.0 Å². The Morgan fingerprint density at radius 3 is 2.69 bits per heavy atom. The summed E-state index contributed by atoms with van der Waals surface area (Å²) in [6.45, 7) is 1.37. The predicted octanol–water partition coefficient (Wildman–Crippen LogP) is 0.943. The Labute approximate surface area is 96.9 Å². The van der Waals surface area contributed by atoms with Crippen LogP contribution in [0.5, 0.6) is 0 Å². The van der Waals surface area contributed by atoms with Gasteiger partial charge in [0.15, 0.2) is 0 Å². The molecule has 1 unspecified atom stereocenters. The third-order valence-corrected chi connectivity index (χ3v) is 3.79. The first kappa shape index (κ1) is 11.9. The largest absolute Gasteiger partial charge is 0.378 e. The smallest absolute Gasteiger partial charge is 0.223 e. The molecule has 0 aromatic heterocycles. The summed E-state index contributed by atoms with van der Waals surface area (Å²) >= 11 is 0. The second kappa shape index (κ2) is 5.15. The molecule has 1 atom stereocenters. The molecule has 0 spiro atoms. The van der Waals surface area contributed by atoms with E-state index in [1.54, 1.807) is 0 Å². The number of carbonyl (C=O) groups excluding carboxylic acids is 1. The summed E-state index contributed by atoms with van der Waals surface area (Å²) in [7, 11) is 0. The van der Waals surface area contributed by atoms with Crippen LogP contribution in [-0.4, -0.2) is 30.7 Å². The second-order valence-corrected chi connectivity index (χ2v) is 5.08. The number of amides is 1. The van der Waals surface area contributed by atoms with Crippen molar-refractivity contribution < 1.29 is 9.53 Å². The second-order valence-electron chi connectivity index (χ2n) is 5.08. The van der Waals surface area contributed by atoms with E-state index in [1.165, 1.54) is 12.8 Å². The number of hydrogen-bond donors (Lipinski definition) is 2. The molecule has 1 amide bonds. The molecule has 1 saturated heterocycles. The fourth-order valence-corrected chi connectivity index (χ4v) is 2.51. The number of nitrogens with one attached hydrogen (secondary N) is 1.